The van der Waals surface area contributed by atoms with Gasteiger partial charge in [0.1, 0.15) is 22.7 Å². The Labute approximate surface area is 124 Å². The van der Waals surface area contributed by atoms with E-state index in [1.165, 1.54) is 0 Å². The maximum Gasteiger partial charge on any atom is 0.120 e. The highest BCUT2D eigenvalue weighted by Gasteiger charge is 2.13. The molecule has 4 heteroatoms. The van der Waals surface area contributed by atoms with Gasteiger partial charge < -0.3 is 4.74 Å². The molecular weight excluding hydrogens is 262 g/mol. The molecule has 0 atom stereocenters. The Balaban J connectivity index is 2.01. The quantitative estimate of drug-likeness (QED) is 0.715. The van der Waals surface area contributed by atoms with Crippen LogP contribution in [0.15, 0.2) is 42.7 Å². The van der Waals surface area contributed by atoms with Crippen LogP contribution in [0.5, 0.6) is 5.75 Å². The van der Waals surface area contributed by atoms with Gasteiger partial charge in [-0.3, -0.25) is 9.55 Å². The lowest BCUT2D eigenvalue weighted by Crippen LogP contribution is -2.22. The van der Waals surface area contributed by atoms with Crippen molar-refractivity contribution in [2.24, 2.45) is 0 Å². The molecule has 0 aliphatic carbocycles. The second kappa shape index (κ2) is 4.88. The zero-order valence-corrected chi connectivity index (χ0v) is 12.8. The lowest BCUT2D eigenvalue weighted by molar-refractivity contribution is 0.131. The minimum Gasteiger partial charge on any atom is -0.488 e. The number of benzene rings is 1. The molecule has 2 heterocycles. The summed E-state index contributed by atoms with van der Waals surface area (Å²) in [4.78, 5) is 8.66. The molecule has 3 rings (SSSR count). The van der Waals surface area contributed by atoms with Crippen LogP contribution in [-0.2, 0) is 0 Å². The van der Waals surface area contributed by atoms with Gasteiger partial charge in [0, 0.05) is 11.9 Å². The van der Waals surface area contributed by atoms with E-state index in [0.717, 1.165) is 28.3 Å². The Hall–Kier alpha value is -2.36. The predicted octanol–water partition coefficient (Wildman–Crippen LogP) is 3.91. The first-order chi connectivity index (χ1) is 9.94. The van der Waals surface area contributed by atoms with E-state index < -0.39 is 0 Å². The third-order valence-electron chi connectivity index (χ3n) is 3.14. The van der Waals surface area contributed by atoms with Crippen LogP contribution in [0.2, 0.25) is 0 Å². The van der Waals surface area contributed by atoms with Crippen LogP contribution in [0.25, 0.3) is 16.7 Å². The van der Waals surface area contributed by atoms with E-state index in [4.69, 9.17) is 4.74 Å². The van der Waals surface area contributed by atoms with Gasteiger partial charge in [0.15, 0.2) is 0 Å². The monoisotopic (exact) mass is 281 g/mol. The first kappa shape index (κ1) is 13.6. The first-order valence-electron chi connectivity index (χ1n) is 7.02. The number of aryl methyl sites for hydroxylation is 1. The van der Waals surface area contributed by atoms with E-state index in [1.54, 1.807) is 12.4 Å². The molecule has 4 nitrogen and oxygen atoms in total. The topological polar surface area (TPSA) is 39.9 Å². The second-order valence-corrected chi connectivity index (χ2v) is 6.07. The van der Waals surface area contributed by atoms with E-state index in [0.29, 0.717) is 0 Å². The zero-order valence-electron chi connectivity index (χ0n) is 12.8. The number of hydrogen-bond donors (Lipinski definition) is 0. The van der Waals surface area contributed by atoms with Crippen molar-refractivity contribution in [1.82, 2.24) is 14.5 Å². The van der Waals surface area contributed by atoms with Crippen LogP contribution in [0, 0.1) is 6.92 Å². The van der Waals surface area contributed by atoms with Crippen molar-refractivity contribution in [3.8, 4) is 11.4 Å². The van der Waals surface area contributed by atoms with E-state index in [2.05, 4.69) is 26.7 Å². The van der Waals surface area contributed by atoms with E-state index in [1.807, 2.05) is 45.9 Å². The van der Waals surface area contributed by atoms with Crippen molar-refractivity contribution in [1.29, 1.82) is 0 Å². The van der Waals surface area contributed by atoms with Crippen molar-refractivity contribution in [2.75, 3.05) is 0 Å². The van der Waals surface area contributed by atoms with Gasteiger partial charge in [-0.2, -0.15) is 0 Å². The van der Waals surface area contributed by atoms with E-state index >= 15 is 0 Å². The van der Waals surface area contributed by atoms with E-state index in [-0.39, 0.29) is 5.60 Å². The third-order valence-corrected chi connectivity index (χ3v) is 3.14. The molecule has 1 aromatic carbocycles. The summed E-state index contributed by atoms with van der Waals surface area (Å²) in [6, 6.07) is 10.1. The highest BCUT2D eigenvalue weighted by molar-refractivity contribution is 5.77. The average molecular weight is 281 g/mol. The molecule has 0 aliphatic rings. The first-order valence-corrected chi connectivity index (χ1v) is 7.02. The SMILES string of the molecule is Cc1nc2cnccc2n1-c1ccc(OC(C)(C)C)cc1. The molecule has 0 aliphatic heterocycles. The summed E-state index contributed by atoms with van der Waals surface area (Å²) in [7, 11) is 0. The molecule has 0 N–H and O–H groups in total. The number of imidazole rings is 1. The predicted molar refractivity (Wildman–Crippen MR) is 84.0 cm³/mol. The van der Waals surface area contributed by atoms with Crippen LogP contribution in [0.1, 0.15) is 26.6 Å². The molecule has 108 valence electrons. The minimum absolute atomic E-state index is 0.190. The van der Waals surface area contributed by atoms with E-state index in [9.17, 15) is 0 Å². The van der Waals surface area contributed by atoms with Crippen molar-refractivity contribution >= 4 is 11.0 Å². The number of pyridine rings is 1. The minimum atomic E-state index is -0.190. The fourth-order valence-corrected chi connectivity index (χ4v) is 2.40. The number of ether oxygens (including phenoxy) is 1. The van der Waals surface area contributed by atoms with Crippen LogP contribution in [-0.4, -0.2) is 20.1 Å². The number of hydrogen-bond acceptors (Lipinski definition) is 3. The Morgan fingerprint density at radius 2 is 1.76 bits per heavy atom. The molecule has 0 spiro atoms. The summed E-state index contributed by atoms with van der Waals surface area (Å²) in [6.45, 7) is 8.13. The summed E-state index contributed by atoms with van der Waals surface area (Å²) < 4.78 is 7.98. The fraction of sp³-hybridized carbons (Fsp3) is 0.294. The summed E-state index contributed by atoms with van der Waals surface area (Å²) in [5, 5.41) is 0. The Kier molecular flexibility index (Phi) is 3.16. The van der Waals surface area contributed by atoms with Gasteiger partial charge in [0.2, 0.25) is 0 Å². The van der Waals surface area contributed by atoms with Gasteiger partial charge in [0.25, 0.3) is 0 Å². The van der Waals surface area contributed by atoms with Crippen molar-refractivity contribution < 1.29 is 4.74 Å². The summed E-state index contributed by atoms with van der Waals surface area (Å²) >= 11 is 0. The molecule has 0 unspecified atom stereocenters. The van der Waals surface area contributed by atoms with Crippen LogP contribution >= 0.6 is 0 Å². The molecule has 0 fully saturated rings. The molecule has 0 saturated carbocycles. The smallest absolute Gasteiger partial charge is 0.120 e. The Morgan fingerprint density at radius 1 is 1.05 bits per heavy atom. The van der Waals surface area contributed by atoms with Crippen molar-refractivity contribution in [2.45, 2.75) is 33.3 Å². The number of aromatic nitrogens is 3. The number of rotatable bonds is 2. The van der Waals surface area contributed by atoms with Gasteiger partial charge in [-0.25, -0.2) is 4.98 Å². The molecule has 21 heavy (non-hydrogen) atoms. The van der Waals surface area contributed by atoms with Gasteiger partial charge in [-0.15, -0.1) is 0 Å². The number of nitrogens with zero attached hydrogens (tertiary/aromatic N) is 3. The molecular formula is C17H19N3O. The molecule has 0 bridgehead atoms. The van der Waals surface area contributed by atoms with Gasteiger partial charge in [-0.05, 0) is 58.0 Å². The lowest BCUT2D eigenvalue weighted by atomic mass is 10.2. The normalized spacial score (nSPS) is 11.8. The largest absolute Gasteiger partial charge is 0.488 e. The molecule has 0 amide bonds. The van der Waals surface area contributed by atoms with Crippen LogP contribution in [0.4, 0.5) is 0 Å². The fourth-order valence-electron chi connectivity index (χ4n) is 2.40. The van der Waals surface area contributed by atoms with Gasteiger partial charge in [-0.1, -0.05) is 0 Å². The average Bonchev–Trinajstić information content (AvgIpc) is 2.74. The Morgan fingerprint density at radius 3 is 2.43 bits per heavy atom. The summed E-state index contributed by atoms with van der Waals surface area (Å²) in [5.41, 5.74) is 2.85. The van der Waals surface area contributed by atoms with Crippen LogP contribution in [0.3, 0.4) is 0 Å². The Bertz CT molecular complexity index is 767. The number of fused-ring (bicyclic) bond motifs is 1. The third kappa shape index (κ3) is 2.75. The van der Waals surface area contributed by atoms with Crippen LogP contribution < -0.4 is 4.74 Å². The molecule has 2 aromatic heterocycles. The lowest BCUT2D eigenvalue weighted by Gasteiger charge is -2.21. The second-order valence-electron chi connectivity index (χ2n) is 6.07. The molecule has 3 aromatic rings. The highest BCUT2D eigenvalue weighted by atomic mass is 16.5. The van der Waals surface area contributed by atoms with Crippen molar-refractivity contribution in [3.63, 3.8) is 0 Å². The highest BCUT2D eigenvalue weighted by Crippen LogP contribution is 2.24. The summed E-state index contributed by atoms with van der Waals surface area (Å²) in [6.07, 6.45) is 3.58. The standard InChI is InChI=1S/C17H19N3O/c1-12-19-15-11-18-10-9-16(15)20(12)13-5-7-14(8-6-13)21-17(2,3)4/h5-11H,1-4H3. The zero-order chi connectivity index (χ0) is 15.0. The van der Waals surface area contributed by atoms with Crippen molar-refractivity contribution in [3.05, 3.63) is 48.5 Å². The van der Waals surface area contributed by atoms with Gasteiger partial charge in [0.05, 0.1) is 11.7 Å². The maximum atomic E-state index is 5.86. The van der Waals surface area contributed by atoms with Gasteiger partial charge >= 0.3 is 0 Å². The summed E-state index contributed by atoms with van der Waals surface area (Å²) in [5.74, 6) is 1.82. The maximum absolute atomic E-state index is 5.86. The molecule has 0 radical (unpaired) electrons. The molecule has 0 saturated heterocycles.